The van der Waals surface area contributed by atoms with Crippen LogP contribution in [0.2, 0.25) is 0 Å². The van der Waals surface area contributed by atoms with Crippen LogP contribution >= 0.6 is 15.9 Å². The molecule has 2 rings (SSSR count). The van der Waals surface area contributed by atoms with Crippen molar-refractivity contribution in [2.75, 3.05) is 19.5 Å². The molecular formula is C15H13BrN2O5. The first-order valence-electron chi connectivity index (χ1n) is 6.43. The van der Waals surface area contributed by atoms with Crippen molar-refractivity contribution in [3.8, 4) is 11.5 Å². The number of carbonyl (C=O) groups excluding carboxylic acids is 1. The summed E-state index contributed by atoms with van der Waals surface area (Å²) >= 11 is 3.29. The van der Waals surface area contributed by atoms with Crippen molar-refractivity contribution in [1.29, 1.82) is 0 Å². The molecule has 7 nitrogen and oxygen atoms in total. The molecule has 0 aliphatic rings. The van der Waals surface area contributed by atoms with Gasteiger partial charge in [-0.2, -0.15) is 0 Å². The molecule has 0 unspecified atom stereocenters. The van der Waals surface area contributed by atoms with E-state index in [9.17, 15) is 14.9 Å². The van der Waals surface area contributed by atoms with Crippen LogP contribution in [0.15, 0.2) is 40.9 Å². The Morgan fingerprint density at radius 1 is 1.17 bits per heavy atom. The molecule has 1 amide bonds. The number of nitro groups is 1. The molecule has 1 N–H and O–H groups in total. The number of carbonyl (C=O) groups is 1. The zero-order valence-electron chi connectivity index (χ0n) is 12.3. The number of nitrogens with zero attached hydrogens (tertiary/aromatic N) is 1. The van der Waals surface area contributed by atoms with E-state index in [-0.39, 0.29) is 22.7 Å². The summed E-state index contributed by atoms with van der Waals surface area (Å²) in [5.41, 5.74) is 0.0243. The molecule has 2 aromatic carbocycles. The molecule has 0 saturated carbocycles. The molecule has 0 spiro atoms. The maximum absolute atomic E-state index is 12.4. The summed E-state index contributed by atoms with van der Waals surface area (Å²) in [6.07, 6.45) is 0. The monoisotopic (exact) mass is 380 g/mol. The van der Waals surface area contributed by atoms with Crippen LogP contribution in [0.25, 0.3) is 0 Å². The van der Waals surface area contributed by atoms with Crippen molar-refractivity contribution in [3.05, 3.63) is 56.5 Å². The highest BCUT2D eigenvalue weighted by atomic mass is 79.9. The number of hydrogen-bond donors (Lipinski definition) is 1. The number of benzene rings is 2. The van der Waals surface area contributed by atoms with Gasteiger partial charge in [-0.1, -0.05) is 22.0 Å². The molecular weight excluding hydrogens is 368 g/mol. The number of halogens is 1. The lowest BCUT2D eigenvalue weighted by Gasteiger charge is -2.11. The van der Waals surface area contributed by atoms with E-state index in [0.29, 0.717) is 5.69 Å². The Labute approximate surface area is 140 Å². The van der Waals surface area contributed by atoms with Crippen LogP contribution in [0, 0.1) is 10.1 Å². The normalized spacial score (nSPS) is 10.0. The molecule has 0 bridgehead atoms. The lowest BCUT2D eigenvalue weighted by molar-refractivity contribution is -0.385. The number of nitrogens with one attached hydrogen (secondary N) is 1. The van der Waals surface area contributed by atoms with Gasteiger partial charge in [-0.15, -0.1) is 0 Å². The number of amides is 1. The Hall–Kier alpha value is -2.61. The van der Waals surface area contributed by atoms with Crippen molar-refractivity contribution >= 4 is 33.2 Å². The quantitative estimate of drug-likeness (QED) is 0.631. The van der Waals surface area contributed by atoms with Crippen molar-refractivity contribution < 1.29 is 19.2 Å². The molecule has 120 valence electrons. The van der Waals surface area contributed by atoms with Gasteiger partial charge >= 0.3 is 0 Å². The van der Waals surface area contributed by atoms with Crippen LogP contribution in [-0.2, 0) is 0 Å². The van der Waals surface area contributed by atoms with Crippen molar-refractivity contribution in [3.63, 3.8) is 0 Å². The largest absolute Gasteiger partial charge is 0.493 e. The van der Waals surface area contributed by atoms with Crippen LogP contribution < -0.4 is 14.8 Å². The minimum atomic E-state index is -0.641. The van der Waals surface area contributed by atoms with Crippen LogP contribution in [-0.4, -0.2) is 25.1 Å². The summed E-state index contributed by atoms with van der Waals surface area (Å²) in [7, 11) is 2.75. The third kappa shape index (κ3) is 3.78. The Kier molecular flexibility index (Phi) is 5.17. The van der Waals surface area contributed by atoms with Gasteiger partial charge in [0.05, 0.1) is 25.2 Å². The van der Waals surface area contributed by atoms with E-state index in [0.717, 1.165) is 10.5 Å². The summed E-state index contributed by atoms with van der Waals surface area (Å²) in [5.74, 6) is -0.202. The molecule has 0 aromatic heterocycles. The summed E-state index contributed by atoms with van der Waals surface area (Å²) in [4.78, 5) is 23.0. The minimum Gasteiger partial charge on any atom is -0.493 e. The third-order valence-electron chi connectivity index (χ3n) is 3.03. The summed E-state index contributed by atoms with van der Waals surface area (Å²) < 4.78 is 10.9. The number of anilines is 1. The summed E-state index contributed by atoms with van der Waals surface area (Å²) in [6, 6.07) is 9.34. The molecule has 0 aliphatic heterocycles. The molecule has 8 heteroatoms. The lowest BCUT2D eigenvalue weighted by atomic mass is 10.1. The molecule has 0 fully saturated rings. The van der Waals surface area contributed by atoms with E-state index >= 15 is 0 Å². The zero-order chi connectivity index (χ0) is 17.0. The van der Waals surface area contributed by atoms with Gasteiger partial charge in [0.1, 0.15) is 5.56 Å². The fraction of sp³-hybridized carbons (Fsp3) is 0.133. The smallest absolute Gasteiger partial charge is 0.286 e. The first-order valence-corrected chi connectivity index (χ1v) is 7.23. The maximum atomic E-state index is 12.4. The van der Waals surface area contributed by atoms with Crippen molar-refractivity contribution in [2.24, 2.45) is 0 Å². The lowest BCUT2D eigenvalue weighted by Crippen LogP contribution is -2.14. The molecule has 0 saturated heterocycles. The second-order valence-corrected chi connectivity index (χ2v) is 5.36. The van der Waals surface area contributed by atoms with Crippen LogP contribution in [0.1, 0.15) is 10.4 Å². The van der Waals surface area contributed by atoms with Gasteiger partial charge in [-0.25, -0.2) is 0 Å². The van der Waals surface area contributed by atoms with Crippen LogP contribution in [0.4, 0.5) is 11.4 Å². The molecule has 0 heterocycles. The summed E-state index contributed by atoms with van der Waals surface area (Å²) in [5, 5.41) is 13.8. The van der Waals surface area contributed by atoms with Gasteiger partial charge in [0.15, 0.2) is 11.5 Å². The van der Waals surface area contributed by atoms with E-state index in [2.05, 4.69) is 21.2 Å². The Bertz CT molecular complexity index is 764. The standard InChI is InChI=1S/C15H13BrN2O5/c1-22-13-7-11(12(18(20)21)8-14(13)23-2)15(19)17-10-5-3-4-9(16)6-10/h3-8H,1-2H3,(H,17,19). The van der Waals surface area contributed by atoms with Gasteiger partial charge in [-0.05, 0) is 18.2 Å². The predicted octanol–water partition coefficient (Wildman–Crippen LogP) is 3.63. The van der Waals surface area contributed by atoms with E-state index in [1.807, 2.05) is 0 Å². The first kappa shape index (κ1) is 16.8. The number of nitro benzene ring substituents is 1. The highest BCUT2D eigenvalue weighted by molar-refractivity contribution is 9.10. The number of methoxy groups -OCH3 is 2. The highest BCUT2D eigenvalue weighted by Crippen LogP contribution is 2.34. The second-order valence-electron chi connectivity index (χ2n) is 4.45. The molecule has 23 heavy (non-hydrogen) atoms. The van der Waals surface area contributed by atoms with Gasteiger partial charge in [0.2, 0.25) is 0 Å². The Morgan fingerprint density at radius 2 is 1.83 bits per heavy atom. The highest BCUT2D eigenvalue weighted by Gasteiger charge is 2.24. The SMILES string of the molecule is COc1cc(C(=O)Nc2cccc(Br)c2)c([N+](=O)[O-])cc1OC. The summed E-state index contributed by atoms with van der Waals surface area (Å²) in [6.45, 7) is 0. The number of ether oxygens (including phenoxy) is 2. The zero-order valence-corrected chi connectivity index (χ0v) is 13.9. The second kappa shape index (κ2) is 7.10. The number of rotatable bonds is 5. The van der Waals surface area contributed by atoms with Gasteiger partial charge in [0.25, 0.3) is 11.6 Å². The van der Waals surface area contributed by atoms with Crippen molar-refractivity contribution in [2.45, 2.75) is 0 Å². The molecule has 0 atom stereocenters. The van der Waals surface area contributed by atoms with Crippen LogP contribution in [0.5, 0.6) is 11.5 Å². The molecule has 0 aliphatic carbocycles. The van der Waals surface area contributed by atoms with Gasteiger partial charge in [-0.3, -0.25) is 14.9 Å². The maximum Gasteiger partial charge on any atom is 0.286 e. The molecule has 2 aromatic rings. The van der Waals surface area contributed by atoms with E-state index in [4.69, 9.17) is 9.47 Å². The first-order chi connectivity index (χ1) is 11.0. The van der Waals surface area contributed by atoms with E-state index < -0.39 is 10.8 Å². The number of hydrogen-bond acceptors (Lipinski definition) is 5. The third-order valence-corrected chi connectivity index (χ3v) is 3.52. The Morgan fingerprint density at radius 3 is 2.39 bits per heavy atom. The van der Waals surface area contributed by atoms with Crippen molar-refractivity contribution in [1.82, 2.24) is 0 Å². The molecule has 0 radical (unpaired) electrons. The fourth-order valence-corrected chi connectivity index (χ4v) is 2.37. The predicted molar refractivity (Wildman–Crippen MR) is 88.3 cm³/mol. The average molecular weight is 381 g/mol. The topological polar surface area (TPSA) is 90.7 Å². The van der Waals surface area contributed by atoms with Crippen LogP contribution in [0.3, 0.4) is 0 Å². The average Bonchev–Trinajstić information content (AvgIpc) is 2.53. The van der Waals surface area contributed by atoms with Gasteiger partial charge in [0, 0.05) is 16.2 Å². The van der Waals surface area contributed by atoms with Gasteiger partial charge < -0.3 is 14.8 Å². The fourth-order valence-electron chi connectivity index (χ4n) is 1.97. The van der Waals surface area contributed by atoms with E-state index in [1.165, 1.54) is 20.3 Å². The minimum absolute atomic E-state index is 0.118. The van der Waals surface area contributed by atoms with E-state index in [1.54, 1.807) is 24.3 Å². The Balaban J connectivity index is 2.44.